The molecule has 0 unspecified atom stereocenters. The van der Waals surface area contributed by atoms with Gasteiger partial charge in [0.15, 0.2) is 5.82 Å². The van der Waals surface area contributed by atoms with Gasteiger partial charge in [-0.3, -0.25) is 9.52 Å². The van der Waals surface area contributed by atoms with E-state index in [0.717, 1.165) is 5.56 Å². The fraction of sp³-hybridized carbons (Fsp3) is 0.250. The maximum absolute atomic E-state index is 12.6. The van der Waals surface area contributed by atoms with Gasteiger partial charge in [0.25, 0.3) is 15.9 Å². The fourth-order valence-electron chi connectivity index (χ4n) is 2.63. The fourth-order valence-corrected chi connectivity index (χ4v) is 3.73. The first-order valence-corrected chi connectivity index (χ1v) is 10.6. The number of nitrogens with zero attached hydrogens (tertiary/aromatic N) is 2. The molecule has 0 spiro atoms. The van der Waals surface area contributed by atoms with E-state index in [0.29, 0.717) is 36.8 Å². The highest BCUT2D eigenvalue weighted by atomic mass is 32.2. The maximum Gasteiger partial charge on any atom is 0.261 e. The van der Waals surface area contributed by atoms with E-state index in [2.05, 4.69) is 20.2 Å². The molecule has 2 aromatic carbocycles. The summed E-state index contributed by atoms with van der Waals surface area (Å²) in [7, 11) is -3.80. The number of carbonyl (C=O) groups excluding carboxylic acids is 1. The molecule has 1 heterocycles. The molecule has 3 rings (SSSR count). The third-order valence-corrected chi connectivity index (χ3v) is 5.51. The number of amides is 1. The van der Waals surface area contributed by atoms with Gasteiger partial charge in [-0.25, -0.2) is 8.42 Å². The van der Waals surface area contributed by atoms with Gasteiger partial charge >= 0.3 is 0 Å². The van der Waals surface area contributed by atoms with E-state index in [1.165, 1.54) is 12.1 Å². The van der Waals surface area contributed by atoms with Crippen molar-refractivity contribution in [1.82, 2.24) is 15.5 Å². The van der Waals surface area contributed by atoms with Gasteiger partial charge in [-0.2, -0.15) is 4.98 Å². The van der Waals surface area contributed by atoms with Crippen molar-refractivity contribution in [3.63, 3.8) is 0 Å². The van der Waals surface area contributed by atoms with Crippen molar-refractivity contribution in [1.29, 1.82) is 0 Å². The molecule has 3 aromatic rings. The molecule has 9 heteroatoms. The minimum Gasteiger partial charge on any atom is -0.352 e. The summed E-state index contributed by atoms with van der Waals surface area (Å²) in [6.07, 6.45) is 1.18. The second-order valence-electron chi connectivity index (χ2n) is 6.59. The molecule has 0 bridgehead atoms. The van der Waals surface area contributed by atoms with Crippen LogP contribution in [0.3, 0.4) is 0 Å². The van der Waals surface area contributed by atoms with Crippen molar-refractivity contribution in [2.45, 2.75) is 31.6 Å². The predicted molar refractivity (Wildman–Crippen MR) is 108 cm³/mol. The second kappa shape index (κ2) is 8.87. The normalized spacial score (nSPS) is 11.2. The van der Waals surface area contributed by atoms with E-state index in [4.69, 9.17) is 4.52 Å². The summed E-state index contributed by atoms with van der Waals surface area (Å²) in [5.41, 5.74) is 1.76. The van der Waals surface area contributed by atoms with Gasteiger partial charge < -0.3 is 9.84 Å². The van der Waals surface area contributed by atoms with Gasteiger partial charge in [0.05, 0.1) is 4.90 Å². The van der Waals surface area contributed by atoms with E-state index in [9.17, 15) is 13.2 Å². The van der Waals surface area contributed by atoms with E-state index in [-0.39, 0.29) is 16.4 Å². The first-order valence-electron chi connectivity index (χ1n) is 9.10. The van der Waals surface area contributed by atoms with Gasteiger partial charge in [0, 0.05) is 24.2 Å². The highest BCUT2D eigenvalue weighted by Crippen LogP contribution is 2.17. The molecule has 8 nitrogen and oxygen atoms in total. The number of rotatable bonds is 8. The second-order valence-corrected chi connectivity index (χ2v) is 8.28. The van der Waals surface area contributed by atoms with Gasteiger partial charge in [0.1, 0.15) is 0 Å². The van der Waals surface area contributed by atoms with Crippen LogP contribution in [0.1, 0.15) is 34.1 Å². The first kappa shape index (κ1) is 20.5. The molecule has 0 radical (unpaired) electrons. The van der Waals surface area contributed by atoms with Crippen LogP contribution >= 0.6 is 0 Å². The minimum atomic E-state index is -3.80. The Bertz CT molecular complexity index is 1090. The summed E-state index contributed by atoms with van der Waals surface area (Å²) in [4.78, 5) is 16.5. The summed E-state index contributed by atoms with van der Waals surface area (Å²) >= 11 is 0. The third-order valence-electron chi connectivity index (χ3n) is 4.13. The molecule has 2 N–H and O–H groups in total. The Hall–Kier alpha value is -3.20. The van der Waals surface area contributed by atoms with Crippen LogP contribution in [0.15, 0.2) is 57.9 Å². The average molecular weight is 414 g/mol. The van der Waals surface area contributed by atoms with Crippen molar-refractivity contribution in [2.75, 3.05) is 11.3 Å². The lowest BCUT2D eigenvalue weighted by atomic mass is 10.2. The monoisotopic (exact) mass is 414 g/mol. The summed E-state index contributed by atoms with van der Waals surface area (Å²) < 4.78 is 32.8. The van der Waals surface area contributed by atoms with Crippen molar-refractivity contribution in [3.05, 3.63) is 71.4 Å². The Morgan fingerprint density at radius 1 is 1.10 bits per heavy atom. The number of nitrogens with one attached hydrogen (secondary N) is 2. The van der Waals surface area contributed by atoms with Crippen molar-refractivity contribution in [3.8, 4) is 0 Å². The van der Waals surface area contributed by atoms with Crippen LogP contribution in [0, 0.1) is 13.8 Å². The highest BCUT2D eigenvalue weighted by Gasteiger charge is 2.16. The lowest BCUT2D eigenvalue weighted by Crippen LogP contribution is -2.25. The topological polar surface area (TPSA) is 114 Å². The highest BCUT2D eigenvalue weighted by molar-refractivity contribution is 7.92. The first-order chi connectivity index (χ1) is 13.8. The lowest BCUT2D eigenvalue weighted by Gasteiger charge is -2.10. The number of carbonyl (C=O) groups is 1. The van der Waals surface area contributed by atoms with Gasteiger partial charge in [-0.1, -0.05) is 28.9 Å². The number of aryl methyl sites for hydroxylation is 3. The zero-order valence-electron chi connectivity index (χ0n) is 16.2. The zero-order chi connectivity index (χ0) is 20.9. The molecule has 152 valence electrons. The van der Waals surface area contributed by atoms with Crippen LogP contribution in [0.25, 0.3) is 0 Å². The quantitative estimate of drug-likeness (QED) is 0.548. The number of hydrogen-bond donors (Lipinski definition) is 2. The molecule has 0 aliphatic rings. The van der Waals surface area contributed by atoms with E-state index >= 15 is 0 Å². The molecule has 0 saturated carbocycles. The largest absolute Gasteiger partial charge is 0.352 e. The number of hydrogen-bond acceptors (Lipinski definition) is 6. The molecule has 0 atom stereocenters. The lowest BCUT2D eigenvalue weighted by molar-refractivity contribution is 0.0952. The number of anilines is 1. The summed E-state index contributed by atoms with van der Waals surface area (Å²) in [5.74, 6) is 0.743. The predicted octanol–water partition coefficient (Wildman–Crippen LogP) is 2.85. The van der Waals surface area contributed by atoms with E-state index < -0.39 is 10.0 Å². The molecule has 1 amide bonds. The van der Waals surface area contributed by atoms with Crippen LogP contribution in [-0.2, 0) is 16.4 Å². The number of benzene rings is 2. The molecule has 0 saturated heterocycles. The minimum absolute atomic E-state index is 0.0204. The molecule has 0 fully saturated rings. The molecular formula is C20H22N4O4S. The number of sulfonamides is 1. The van der Waals surface area contributed by atoms with Crippen LogP contribution < -0.4 is 10.0 Å². The Morgan fingerprint density at radius 2 is 1.86 bits per heavy atom. The molecule has 0 aliphatic carbocycles. The van der Waals surface area contributed by atoms with Gasteiger partial charge in [-0.05, 0) is 50.6 Å². The van der Waals surface area contributed by atoms with Crippen LogP contribution in [0.2, 0.25) is 0 Å². The van der Waals surface area contributed by atoms with E-state index in [1.54, 1.807) is 31.2 Å². The summed E-state index contributed by atoms with van der Waals surface area (Å²) in [6, 6.07) is 12.9. The molecule has 0 aliphatic heterocycles. The van der Waals surface area contributed by atoms with Crippen molar-refractivity contribution in [2.24, 2.45) is 0 Å². The summed E-state index contributed by atoms with van der Waals surface area (Å²) in [5, 5.41) is 6.48. The van der Waals surface area contributed by atoms with Gasteiger partial charge in [0.2, 0.25) is 5.89 Å². The molecular weight excluding hydrogens is 392 g/mol. The third kappa shape index (κ3) is 5.64. The standard InChI is InChI=1S/C20H22N4O4S/c1-14-8-10-17(11-9-14)24-29(26,27)18-6-3-5-16(13-18)20(25)21-12-4-7-19-22-15(2)23-28-19/h3,5-6,8-11,13,24H,4,7,12H2,1-2H3,(H,21,25). The SMILES string of the molecule is Cc1ccc(NS(=O)(=O)c2cccc(C(=O)NCCCc3nc(C)no3)c2)cc1. The van der Waals surface area contributed by atoms with Crippen LogP contribution in [0.4, 0.5) is 5.69 Å². The summed E-state index contributed by atoms with van der Waals surface area (Å²) in [6.45, 7) is 4.06. The number of aromatic nitrogens is 2. The Labute approximate surface area is 169 Å². The Balaban J connectivity index is 1.60. The molecule has 29 heavy (non-hydrogen) atoms. The maximum atomic E-state index is 12.6. The Morgan fingerprint density at radius 3 is 2.55 bits per heavy atom. The Kier molecular flexibility index (Phi) is 6.28. The van der Waals surface area contributed by atoms with Gasteiger partial charge in [-0.15, -0.1) is 0 Å². The average Bonchev–Trinajstić information content (AvgIpc) is 3.12. The zero-order valence-corrected chi connectivity index (χ0v) is 17.0. The van der Waals surface area contributed by atoms with E-state index in [1.807, 2.05) is 19.1 Å². The van der Waals surface area contributed by atoms with Crippen LogP contribution in [-0.4, -0.2) is 31.0 Å². The molecule has 1 aromatic heterocycles. The smallest absolute Gasteiger partial charge is 0.261 e. The van der Waals surface area contributed by atoms with Crippen molar-refractivity contribution >= 4 is 21.6 Å². The van der Waals surface area contributed by atoms with Crippen LogP contribution in [0.5, 0.6) is 0 Å². The van der Waals surface area contributed by atoms with Crippen molar-refractivity contribution < 1.29 is 17.7 Å².